The van der Waals surface area contributed by atoms with Gasteiger partial charge in [-0.15, -0.1) is 0 Å². The van der Waals surface area contributed by atoms with E-state index in [1.54, 1.807) is 0 Å². The minimum absolute atomic E-state index is 0.342. The average Bonchev–Trinajstić information content (AvgIpc) is 2.48. The van der Waals surface area contributed by atoms with Crippen LogP contribution in [0.1, 0.15) is 25.3 Å². The van der Waals surface area contributed by atoms with E-state index in [0.29, 0.717) is 19.3 Å². The number of benzene rings is 1. The van der Waals surface area contributed by atoms with Crippen molar-refractivity contribution >= 4 is 0 Å². The molecule has 1 atom stereocenters. The molecular formula is C17H27NO3. The Balaban J connectivity index is 1.67. The van der Waals surface area contributed by atoms with E-state index < -0.39 is 6.10 Å². The number of aliphatic hydroxyl groups is 1. The first kappa shape index (κ1) is 16.3. The summed E-state index contributed by atoms with van der Waals surface area (Å²) < 4.78 is 11.3. The molecule has 1 aromatic rings. The zero-order valence-corrected chi connectivity index (χ0v) is 13.1. The molecule has 1 heterocycles. The second-order valence-corrected chi connectivity index (χ2v) is 5.74. The van der Waals surface area contributed by atoms with Crippen LogP contribution in [0.3, 0.4) is 0 Å². The Labute approximate surface area is 127 Å². The van der Waals surface area contributed by atoms with Crippen molar-refractivity contribution in [1.29, 1.82) is 0 Å². The molecule has 1 fully saturated rings. The number of ether oxygens (including phenoxy) is 2. The zero-order chi connectivity index (χ0) is 15.1. The first-order chi connectivity index (χ1) is 10.2. The van der Waals surface area contributed by atoms with Crippen LogP contribution >= 0.6 is 0 Å². The number of hydrogen-bond donors (Lipinski definition) is 1. The van der Waals surface area contributed by atoms with Crippen LogP contribution in [0.25, 0.3) is 0 Å². The van der Waals surface area contributed by atoms with Gasteiger partial charge in [0.2, 0.25) is 0 Å². The van der Waals surface area contributed by atoms with Crippen LogP contribution in [0.15, 0.2) is 24.3 Å². The highest BCUT2D eigenvalue weighted by molar-refractivity contribution is 5.27. The average molecular weight is 293 g/mol. The summed E-state index contributed by atoms with van der Waals surface area (Å²) in [5.41, 5.74) is 1.17. The molecule has 1 aliphatic rings. The van der Waals surface area contributed by atoms with E-state index in [-0.39, 0.29) is 0 Å². The SMILES string of the molecule is CCOC1CCN(CC(O)COc2cccc(C)c2)CC1. The highest BCUT2D eigenvalue weighted by atomic mass is 16.5. The summed E-state index contributed by atoms with van der Waals surface area (Å²) in [6.07, 6.45) is 2.06. The quantitative estimate of drug-likeness (QED) is 0.837. The van der Waals surface area contributed by atoms with Crippen molar-refractivity contribution in [3.8, 4) is 5.75 Å². The molecule has 4 nitrogen and oxygen atoms in total. The Morgan fingerprint density at radius 3 is 2.76 bits per heavy atom. The van der Waals surface area contributed by atoms with Gasteiger partial charge in [0.05, 0.1) is 6.10 Å². The van der Waals surface area contributed by atoms with E-state index in [2.05, 4.69) is 4.90 Å². The van der Waals surface area contributed by atoms with Crippen molar-refractivity contribution in [1.82, 2.24) is 4.90 Å². The molecule has 118 valence electrons. The molecule has 0 spiro atoms. The molecule has 1 unspecified atom stereocenters. The predicted octanol–water partition coefficient (Wildman–Crippen LogP) is 2.24. The Kier molecular flexibility index (Phi) is 6.49. The number of piperidine rings is 1. The van der Waals surface area contributed by atoms with Gasteiger partial charge in [0, 0.05) is 26.2 Å². The van der Waals surface area contributed by atoms with Gasteiger partial charge in [-0.25, -0.2) is 0 Å². The second kappa shape index (κ2) is 8.37. The number of β-amino-alcohol motifs (C(OH)–C–C–N with tert-alkyl or cyclic N) is 1. The van der Waals surface area contributed by atoms with Gasteiger partial charge < -0.3 is 19.5 Å². The molecule has 0 saturated carbocycles. The van der Waals surface area contributed by atoms with Crippen LogP contribution in [0.2, 0.25) is 0 Å². The van der Waals surface area contributed by atoms with Crippen molar-refractivity contribution in [2.24, 2.45) is 0 Å². The molecule has 4 heteroatoms. The van der Waals surface area contributed by atoms with E-state index in [4.69, 9.17) is 9.47 Å². The molecule has 2 rings (SSSR count). The summed E-state index contributed by atoms with van der Waals surface area (Å²) in [5, 5.41) is 10.1. The number of aliphatic hydroxyl groups excluding tert-OH is 1. The van der Waals surface area contributed by atoms with Crippen molar-refractivity contribution < 1.29 is 14.6 Å². The Hall–Kier alpha value is -1.10. The molecular weight excluding hydrogens is 266 g/mol. The third-order valence-electron chi connectivity index (χ3n) is 3.84. The van der Waals surface area contributed by atoms with Crippen LogP contribution in [0, 0.1) is 6.92 Å². The fourth-order valence-electron chi connectivity index (χ4n) is 2.74. The zero-order valence-electron chi connectivity index (χ0n) is 13.1. The van der Waals surface area contributed by atoms with Gasteiger partial charge in [0.25, 0.3) is 0 Å². The van der Waals surface area contributed by atoms with Gasteiger partial charge in [0.15, 0.2) is 0 Å². The Morgan fingerprint density at radius 1 is 1.33 bits per heavy atom. The lowest BCUT2D eigenvalue weighted by atomic mass is 10.1. The summed E-state index contributed by atoms with van der Waals surface area (Å²) in [4.78, 5) is 2.29. The summed E-state index contributed by atoms with van der Waals surface area (Å²) in [5.74, 6) is 0.823. The first-order valence-electron chi connectivity index (χ1n) is 7.89. The van der Waals surface area contributed by atoms with Gasteiger partial charge in [-0.2, -0.15) is 0 Å². The summed E-state index contributed by atoms with van der Waals surface area (Å²) in [6, 6.07) is 7.91. The molecule has 0 radical (unpaired) electrons. The predicted molar refractivity (Wildman–Crippen MR) is 83.8 cm³/mol. The third kappa shape index (κ3) is 5.65. The number of hydrogen-bond acceptors (Lipinski definition) is 4. The molecule has 1 aliphatic heterocycles. The molecule has 1 aromatic carbocycles. The lowest BCUT2D eigenvalue weighted by Gasteiger charge is -2.32. The minimum atomic E-state index is -0.450. The van der Waals surface area contributed by atoms with Crippen molar-refractivity contribution in [3.63, 3.8) is 0 Å². The smallest absolute Gasteiger partial charge is 0.119 e. The Bertz CT molecular complexity index is 416. The van der Waals surface area contributed by atoms with Gasteiger partial charge in [-0.3, -0.25) is 0 Å². The summed E-state index contributed by atoms with van der Waals surface area (Å²) in [7, 11) is 0. The van der Waals surface area contributed by atoms with E-state index >= 15 is 0 Å². The minimum Gasteiger partial charge on any atom is -0.491 e. The van der Waals surface area contributed by atoms with Crippen LogP contribution in [0.4, 0.5) is 0 Å². The van der Waals surface area contributed by atoms with E-state index in [0.717, 1.165) is 38.3 Å². The molecule has 0 aromatic heterocycles. The van der Waals surface area contributed by atoms with E-state index in [9.17, 15) is 5.11 Å². The lowest BCUT2D eigenvalue weighted by molar-refractivity contribution is -0.00185. The largest absolute Gasteiger partial charge is 0.491 e. The maximum atomic E-state index is 10.1. The normalized spacial score (nSPS) is 18.6. The van der Waals surface area contributed by atoms with Gasteiger partial charge in [-0.1, -0.05) is 12.1 Å². The van der Waals surface area contributed by atoms with E-state index in [1.165, 1.54) is 5.56 Å². The summed E-state index contributed by atoms with van der Waals surface area (Å²) in [6.45, 7) is 7.86. The van der Waals surface area contributed by atoms with Gasteiger partial charge >= 0.3 is 0 Å². The highest BCUT2D eigenvalue weighted by Crippen LogP contribution is 2.15. The molecule has 21 heavy (non-hydrogen) atoms. The van der Waals surface area contributed by atoms with Crippen molar-refractivity contribution in [2.75, 3.05) is 32.8 Å². The molecule has 1 N–H and O–H groups in total. The number of aryl methyl sites for hydroxylation is 1. The standard InChI is InChI=1S/C17H27NO3/c1-3-20-16-7-9-18(10-8-16)12-15(19)13-21-17-6-4-5-14(2)11-17/h4-6,11,15-16,19H,3,7-10,12-13H2,1-2H3. The molecule has 0 aliphatic carbocycles. The lowest BCUT2D eigenvalue weighted by Crippen LogP contribution is -2.42. The highest BCUT2D eigenvalue weighted by Gasteiger charge is 2.21. The van der Waals surface area contributed by atoms with Crippen LogP contribution in [-0.4, -0.2) is 55.1 Å². The molecule has 1 saturated heterocycles. The summed E-state index contributed by atoms with van der Waals surface area (Å²) >= 11 is 0. The monoisotopic (exact) mass is 293 g/mol. The van der Waals surface area contributed by atoms with Crippen LogP contribution < -0.4 is 4.74 Å². The van der Waals surface area contributed by atoms with Gasteiger partial charge in [0.1, 0.15) is 18.5 Å². The van der Waals surface area contributed by atoms with Crippen molar-refractivity contribution in [3.05, 3.63) is 29.8 Å². The topological polar surface area (TPSA) is 41.9 Å². The fourth-order valence-corrected chi connectivity index (χ4v) is 2.74. The number of nitrogens with zero attached hydrogens (tertiary/aromatic N) is 1. The maximum absolute atomic E-state index is 10.1. The third-order valence-corrected chi connectivity index (χ3v) is 3.84. The Morgan fingerprint density at radius 2 is 2.10 bits per heavy atom. The first-order valence-corrected chi connectivity index (χ1v) is 7.89. The van der Waals surface area contributed by atoms with Crippen LogP contribution in [-0.2, 0) is 4.74 Å². The maximum Gasteiger partial charge on any atom is 0.119 e. The van der Waals surface area contributed by atoms with Gasteiger partial charge in [-0.05, 0) is 44.4 Å². The van der Waals surface area contributed by atoms with Crippen molar-refractivity contribution in [2.45, 2.75) is 38.9 Å². The van der Waals surface area contributed by atoms with E-state index in [1.807, 2.05) is 38.1 Å². The second-order valence-electron chi connectivity index (χ2n) is 5.74. The number of likely N-dealkylation sites (tertiary alicyclic amines) is 1. The molecule has 0 bridgehead atoms. The number of rotatable bonds is 7. The fraction of sp³-hybridized carbons (Fsp3) is 0.647. The van der Waals surface area contributed by atoms with Crippen LogP contribution in [0.5, 0.6) is 5.75 Å². The molecule has 0 amide bonds.